The Morgan fingerprint density at radius 3 is 2.73 bits per heavy atom. The van der Waals surface area contributed by atoms with Gasteiger partial charge in [0.25, 0.3) is 5.91 Å². The number of nitrogens with one attached hydrogen (secondary N) is 1. The van der Waals surface area contributed by atoms with Gasteiger partial charge in [0.2, 0.25) is 6.10 Å². The molecule has 26 heavy (non-hydrogen) atoms. The molecule has 0 saturated heterocycles. The molecule has 0 spiro atoms. The quantitative estimate of drug-likeness (QED) is 0.563. The maximum Gasteiger partial charge on any atom is 0.284 e. The highest BCUT2D eigenvalue weighted by Gasteiger charge is 2.27. The second-order valence-electron chi connectivity index (χ2n) is 5.82. The van der Waals surface area contributed by atoms with Crippen molar-refractivity contribution in [3.63, 3.8) is 0 Å². The third kappa shape index (κ3) is 3.04. The Balaban J connectivity index is 1.48. The Morgan fingerprint density at radius 1 is 1.08 bits per heavy atom. The molecule has 1 aliphatic rings. The third-order valence-electron chi connectivity index (χ3n) is 4.12. The van der Waals surface area contributed by atoms with Crippen LogP contribution in [0.2, 0.25) is 0 Å². The van der Waals surface area contributed by atoms with E-state index in [1.54, 1.807) is 18.2 Å². The van der Waals surface area contributed by atoms with Crippen LogP contribution in [0.1, 0.15) is 5.56 Å². The van der Waals surface area contributed by atoms with Gasteiger partial charge in [-0.15, -0.1) is 0 Å². The number of carbonyl (C=O) groups is 1. The summed E-state index contributed by atoms with van der Waals surface area (Å²) in [6.45, 7) is 0.109. The van der Waals surface area contributed by atoms with E-state index in [2.05, 4.69) is 10.5 Å². The molecule has 1 heterocycles. The molecular weight excluding hydrogens is 332 g/mol. The fraction of sp³-hybridized carbons (Fsp3) is 0.100. The molecule has 3 aromatic rings. The molecule has 3 aromatic carbocycles. The average Bonchev–Trinajstić information content (AvgIpc) is 2.69. The van der Waals surface area contributed by atoms with Crippen molar-refractivity contribution in [2.45, 2.75) is 6.10 Å². The number of hydrazone groups is 1. The van der Waals surface area contributed by atoms with E-state index >= 15 is 0 Å². The highest BCUT2D eigenvalue weighted by molar-refractivity contribution is 6.02. The first-order chi connectivity index (χ1) is 12.7. The first-order valence-electron chi connectivity index (χ1n) is 8.14. The van der Waals surface area contributed by atoms with Crippen molar-refractivity contribution in [3.05, 3.63) is 66.2 Å². The molecule has 1 atom stereocenters. The Kier molecular flexibility index (Phi) is 4.15. The molecule has 1 aliphatic heterocycles. The summed E-state index contributed by atoms with van der Waals surface area (Å²) in [6.07, 6.45) is 0.635. The number of benzene rings is 3. The second-order valence-corrected chi connectivity index (χ2v) is 5.82. The lowest BCUT2D eigenvalue weighted by molar-refractivity contribution is -0.130. The summed E-state index contributed by atoms with van der Waals surface area (Å²) < 4.78 is 11.2. The number of phenols is 1. The lowest BCUT2D eigenvalue weighted by Gasteiger charge is -2.24. The van der Waals surface area contributed by atoms with E-state index in [9.17, 15) is 9.90 Å². The first-order valence-corrected chi connectivity index (χ1v) is 8.14. The number of amides is 1. The maximum absolute atomic E-state index is 12.3. The van der Waals surface area contributed by atoms with Crippen LogP contribution < -0.4 is 14.9 Å². The Labute approximate surface area is 149 Å². The van der Waals surface area contributed by atoms with E-state index in [0.29, 0.717) is 17.1 Å². The van der Waals surface area contributed by atoms with Crippen LogP contribution in [-0.2, 0) is 4.79 Å². The number of para-hydroxylation sites is 2. The van der Waals surface area contributed by atoms with E-state index < -0.39 is 12.0 Å². The van der Waals surface area contributed by atoms with E-state index in [-0.39, 0.29) is 12.4 Å². The van der Waals surface area contributed by atoms with Crippen LogP contribution >= 0.6 is 0 Å². The zero-order valence-corrected chi connectivity index (χ0v) is 13.8. The summed E-state index contributed by atoms with van der Waals surface area (Å²) in [6, 6.07) is 18.2. The lowest BCUT2D eigenvalue weighted by Crippen LogP contribution is -2.42. The van der Waals surface area contributed by atoms with Crippen LogP contribution in [0, 0.1) is 0 Å². The average molecular weight is 348 g/mol. The molecule has 0 saturated carbocycles. The molecule has 0 aliphatic carbocycles. The minimum absolute atomic E-state index is 0.0906. The summed E-state index contributed by atoms with van der Waals surface area (Å²) in [5.41, 5.74) is 2.97. The molecule has 0 bridgehead atoms. The smallest absolute Gasteiger partial charge is 0.284 e. The fourth-order valence-corrected chi connectivity index (χ4v) is 2.80. The molecule has 0 radical (unpaired) electrons. The Hall–Kier alpha value is -3.54. The Morgan fingerprint density at radius 2 is 1.85 bits per heavy atom. The van der Waals surface area contributed by atoms with Gasteiger partial charge in [0.1, 0.15) is 12.4 Å². The number of rotatable bonds is 3. The number of nitrogens with zero attached hydrogens (tertiary/aromatic N) is 1. The van der Waals surface area contributed by atoms with Crippen molar-refractivity contribution < 1.29 is 19.4 Å². The monoisotopic (exact) mass is 348 g/mol. The SMILES string of the molecule is O=C(N/N=C\c1c(O)ccc2ccccc12)[C@H]1COc2ccccc2O1. The van der Waals surface area contributed by atoms with Crippen LogP contribution in [0.25, 0.3) is 10.8 Å². The second kappa shape index (κ2) is 6.76. The highest BCUT2D eigenvalue weighted by Crippen LogP contribution is 2.31. The van der Waals surface area contributed by atoms with Gasteiger partial charge in [-0.25, -0.2) is 5.43 Å². The predicted octanol–water partition coefficient (Wildman–Crippen LogP) is 2.84. The standard InChI is InChI=1S/C20H16N2O4/c23-16-10-9-13-5-1-2-6-14(13)15(16)11-21-22-20(24)19-12-25-17-7-3-4-8-18(17)26-19/h1-11,19,23H,12H2,(H,22,24)/b21-11-/t19-/m1/s1. The zero-order chi connectivity index (χ0) is 17.9. The molecule has 6 nitrogen and oxygen atoms in total. The number of carbonyl (C=O) groups excluding carboxylic acids is 1. The summed E-state index contributed by atoms with van der Waals surface area (Å²) in [7, 11) is 0. The van der Waals surface area contributed by atoms with Crippen molar-refractivity contribution in [1.29, 1.82) is 0 Å². The van der Waals surface area contributed by atoms with E-state index in [4.69, 9.17) is 9.47 Å². The molecule has 4 rings (SSSR count). The van der Waals surface area contributed by atoms with Crippen molar-refractivity contribution in [2.24, 2.45) is 5.10 Å². The van der Waals surface area contributed by atoms with Crippen LogP contribution in [0.4, 0.5) is 0 Å². The van der Waals surface area contributed by atoms with Crippen molar-refractivity contribution in [3.8, 4) is 17.2 Å². The van der Waals surface area contributed by atoms with Gasteiger partial charge < -0.3 is 14.6 Å². The number of ether oxygens (including phenoxy) is 2. The van der Waals surface area contributed by atoms with Gasteiger partial charge in [0, 0.05) is 5.56 Å². The van der Waals surface area contributed by atoms with Crippen molar-refractivity contribution in [1.82, 2.24) is 5.43 Å². The van der Waals surface area contributed by atoms with Crippen LogP contribution in [0.5, 0.6) is 17.2 Å². The largest absolute Gasteiger partial charge is 0.507 e. The molecule has 2 N–H and O–H groups in total. The molecule has 0 unspecified atom stereocenters. The van der Waals surface area contributed by atoms with Crippen molar-refractivity contribution >= 4 is 22.9 Å². The molecular formula is C20H16N2O4. The maximum atomic E-state index is 12.3. The van der Waals surface area contributed by atoms with Gasteiger partial charge in [-0.05, 0) is 29.0 Å². The molecule has 0 fully saturated rings. The summed E-state index contributed by atoms with van der Waals surface area (Å²) in [5.74, 6) is 0.804. The topological polar surface area (TPSA) is 80.2 Å². The van der Waals surface area contributed by atoms with Crippen molar-refractivity contribution in [2.75, 3.05) is 6.61 Å². The molecule has 6 heteroatoms. The van der Waals surface area contributed by atoms with Gasteiger partial charge in [0.05, 0.1) is 6.21 Å². The normalized spacial score (nSPS) is 15.9. The van der Waals surface area contributed by atoms with E-state index in [1.807, 2.05) is 42.5 Å². The fourth-order valence-electron chi connectivity index (χ4n) is 2.80. The van der Waals surface area contributed by atoms with Gasteiger partial charge in [-0.2, -0.15) is 5.10 Å². The zero-order valence-electron chi connectivity index (χ0n) is 13.8. The lowest BCUT2D eigenvalue weighted by atomic mass is 10.0. The van der Waals surface area contributed by atoms with Gasteiger partial charge in [-0.1, -0.05) is 42.5 Å². The Bertz CT molecular complexity index is 1000. The number of hydrogen-bond acceptors (Lipinski definition) is 5. The molecule has 130 valence electrons. The molecule has 0 aromatic heterocycles. The summed E-state index contributed by atoms with van der Waals surface area (Å²) in [4.78, 5) is 12.3. The predicted molar refractivity (Wildman–Crippen MR) is 97.7 cm³/mol. The van der Waals surface area contributed by atoms with Gasteiger partial charge in [-0.3, -0.25) is 4.79 Å². The van der Waals surface area contributed by atoms with Crippen LogP contribution in [0.3, 0.4) is 0 Å². The summed E-state index contributed by atoms with van der Waals surface area (Å²) in [5, 5.41) is 15.9. The number of hydrogen-bond donors (Lipinski definition) is 2. The van der Waals surface area contributed by atoms with E-state index in [0.717, 1.165) is 10.8 Å². The van der Waals surface area contributed by atoms with Gasteiger partial charge >= 0.3 is 0 Å². The van der Waals surface area contributed by atoms with Gasteiger partial charge in [0.15, 0.2) is 11.5 Å². The van der Waals surface area contributed by atoms with E-state index in [1.165, 1.54) is 6.21 Å². The highest BCUT2D eigenvalue weighted by atomic mass is 16.6. The number of fused-ring (bicyclic) bond motifs is 2. The summed E-state index contributed by atoms with van der Waals surface area (Å²) >= 11 is 0. The van der Waals surface area contributed by atoms with Crippen LogP contribution in [-0.4, -0.2) is 29.9 Å². The third-order valence-corrected chi connectivity index (χ3v) is 4.12. The van der Waals surface area contributed by atoms with Crippen LogP contribution in [0.15, 0.2) is 65.8 Å². The first kappa shape index (κ1) is 16.0. The molecule has 1 amide bonds. The number of phenolic OH excluding ortho intramolecular Hbond substituents is 1. The minimum Gasteiger partial charge on any atom is -0.507 e. The number of aromatic hydroxyl groups is 1. The minimum atomic E-state index is -0.789.